The molecule has 21 heteroatoms. The van der Waals surface area contributed by atoms with Gasteiger partial charge in [-0.1, -0.05) is 0 Å². The zero-order valence-electron chi connectivity index (χ0n) is 25.2. The number of carbonyl (C=O) groups is 8. The van der Waals surface area contributed by atoms with Crippen LogP contribution in [0.5, 0.6) is 0 Å². The van der Waals surface area contributed by atoms with E-state index in [0.717, 1.165) is 4.90 Å². The van der Waals surface area contributed by atoms with Crippen molar-refractivity contribution >= 4 is 53.3 Å². The van der Waals surface area contributed by atoms with Gasteiger partial charge in [-0.2, -0.15) is 0 Å². The molecule has 0 aromatic carbocycles. The van der Waals surface area contributed by atoms with Gasteiger partial charge in [0.1, 0.15) is 30.2 Å². The SMILES string of the molecule is C[C@H](NC(=O)[C@@H]1CCCN1C(=O)[C@H](CO)NC(=O)[C@H](CC(=O)O)NC(=O)CNC(=O)[C@H](CCCN=C(N)N)NC(=O)CN)C(=O)O. The zero-order chi connectivity index (χ0) is 35.0. The van der Waals surface area contributed by atoms with Crippen LogP contribution in [0.1, 0.15) is 39.0 Å². The van der Waals surface area contributed by atoms with Gasteiger partial charge in [0, 0.05) is 13.1 Å². The molecule has 1 rings (SSSR count). The Hall–Kier alpha value is -5.05. The first-order valence-corrected chi connectivity index (χ1v) is 14.2. The number of nitrogens with one attached hydrogen (secondary N) is 5. The summed E-state index contributed by atoms with van der Waals surface area (Å²) in [4.78, 5) is 103. The topological polar surface area (TPSA) is 351 Å². The molecular formula is C25H42N10O11. The highest BCUT2D eigenvalue weighted by atomic mass is 16.4. The molecule has 0 spiro atoms. The van der Waals surface area contributed by atoms with E-state index in [4.69, 9.17) is 22.3 Å². The Morgan fingerprint density at radius 2 is 1.57 bits per heavy atom. The predicted octanol–water partition coefficient (Wildman–Crippen LogP) is -6.38. The number of nitrogens with zero attached hydrogens (tertiary/aromatic N) is 2. The number of hydrogen-bond acceptors (Lipinski definition) is 11. The van der Waals surface area contributed by atoms with Crippen LogP contribution in [0.25, 0.3) is 0 Å². The van der Waals surface area contributed by atoms with Gasteiger partial charge in [-0.25, -0.2) is 0 Å². The first kappa shape index (κ1) is 39.0. The maximum absolute atomic E-state index is 13.1. The number of carboxylic acids is 2. The van der Waals surface area contributed by atoms with Crippen molar-refractivity contribution in [1.82, 2.24) is 31.5 Å². The Kier molecular flexibility index (Phi) is 16.4. The van der Waals surface area contributed by atoms with E-state index < -0.39 is 104 Å². The third kappa shape index (κ3) is 13.3. The molecule has 0 unspecified atom stereocenters. The standard InChI is InChI=1S/C25H42N10O11/c1-12(24(45)46)31-22(43)16-5-3-7-35(16)23(44)15(11-36)34-21(42)14(8-19(39)40)33-18(38)10-30-20(41)13(32-17(37)9-26)4-2-6-29-25(27)28/h12-16,36H,2-11,26H2,1H3,(H,30,41)(H,31,43)(H,32,37)(H,33,38)(H,34,42)(H,39,40)(H,45,46)(H4,27,28,29)/t12-,13-,14-,15-,16-/m0/s1. The molecule has 1 saturated heterocycles. The number of aliphatic carboxylic acids is 2. The molecule has 14 N–H and O–H groups in total. The van der Waals surface area contributed by atoms with Crippen molar-refractivity contribution in [1.29, 1.82) is 0 Å². The highest BCUT2D eigenvalue weighted by Crippen LogP contribution is 2.19. The van der Waals surface area contributed by atoms with Gasteiger partial charge in [-0.3, -0.25) is 43.3 Å². The van der Waals surface area contributed by atoms with Gasteiger partial charge < -0.3 is 64.0 Å². The van der Waals surface area contributed by atoms with Crippen LogP contribution in [0.3, 0.4) is 0 Å². The lowest BCUT2D eigenvalue weighted by Crippen LogP contribution is -2.59. The maximum Gasteiger partial charge on any atom is 0.325 e. The second kappa shape index (κ2) is 19.4. The van der Waals surface area contributed by atoms with E-state index in [1.54, 1.807) is 0 Å². The Bertz CT molecular complexity index is 1180. The Labute approximate surface area is 263 Å². The van der Waals surface area contributed by atoms with E-state index >= 15 is 0 Å². The number of carbonyl (C=O) groups excluding carboxylic acids is 6. The van der Waals surface area contributed by atoms with E-state index in [9.17, 15) is 48.6 Å². The van der Waals surface area contributed by atoms with Crippen molar-refractivity contribution in [2.75, 3.05) is 32.8 Å². The Morgan fingerprint density at radius 3 is 2.13 bits per heavy atom. The van der Waals surface area contributed by atoms with E-state index in [1.807, 2.05) is 0 Å². The molecule has 6 amide bonds. The number of guanidine groups is 1. The molecule has 21 nitrogen and oxygen atoms in total. The third-order valence-corrected chi connectivity index (χ3v) is 6.60. The first-order valence-electron chi connectivity index (χ1n) is 14.2. The molecule has 0 aromatic rings. The van der Waals surface area contributed by atoms with Crippen LogP contribution < -0.4 is 43.8 Å². The highest BCUT2D eigenvalue weighted by molar-refractivity contribution is 5.97. The van der Waals surface area contributed by atoms with Gasteiger partial charge in [0.15, 0.2) is 5.96 Å². The van der Waals surface area contributed by atoms with Crippen molar-refractivity contribution < 1.29 is 53.7 Å². The average Bonchev–Trinajstić information content (AvgIpc) is 3.49. The molecule has 0 bridgehead atoms. The fourth-order valence-corrected chi connectivity index (χ4v) is 4.28. The highest BCUT2D eigenvalue weighted by Gasteiger charge is 2.39. The van der Waals surface area contributed by atoms with Gasteiger partial charge >= 0.3 is 11.9 Å². The number of amides is 6. The summed E-state index contributed by atoms with van der Waals surface area (Å²) < 4.78 is 0. The Balaban J connectivity index is 2.88. The fourth-order valence-electron chi connectivity index (χ4n) is 4.28. The molecule has 0 radical (unpaired) electrons. The minimum absolute atomic E-state index is 0.0563. The van der Waals surface area contributed by atoms with Crippen molar-refractivity contribution in [3.05, 3.63) is 0 Å². The van der Waals surface area contributed by atoms with Crippen LogP contribution in [0, 0.1) is 0 Å². The van der Waals surface area contributed by atoms with Gasteiger partial charge in [-0.15, -0.1) is 0 Å². The van der Waals surface area contributed by atoms with Crippen molar-refractivity contribution in [2.45, 2.75) is 69.2 Å². The number of aliphatic hydroxyl groups excluding tert-OH is 1. The molecule has 46 heavy (non-hydrogen) atoms. The fraction of sp³-hybridized carbons (Fsp3) is 0.640. The van der Waals surface area contributed by atoms with Crippen LogP contribution >= 0.6 is 0 Å². The molecule has 1 fully saturated rings. The van der Waals surface area contributed by atoms with Crippen molar-refractivity contribution in [3.63, 3.8) is 0 Å². The minimum Gasteiger partial charge on any atom is -0.481 e. The quantitative estimate of drug-likeness (QED) is 0.0349. The molecule has 1 aliphatic heterocycles. The monoisotopic (exact) mass is 658 g/mol. The first-order chi connectivity index (χ1) is 21.6. The van der Waals surface area contributed by atoms with E-state index in [1.165, 1.54) is 6.92 Å². The van der Waals surface area contributed by atoms with Crippen LogP contribution in [0.2, 0.25) is 0 Å². The number of hydrogen-bond donors (Lipinski definition) is 11. The summed E-state index contributed by atoms with van der Waals surface area (Å²) in [7, 11) is 0. The van der Waals surface area contributed by atoms with Crippen molar-refractivity contribution in [2.24, 2.45) is 22.2 Å². The number of rotatable bonds is 19. The zero-order valence-corrected chi connectivity index (χ0v) is 25.2. The minimum atomic E-state index is -1.76. The lowest BCUT2D eigenvalue weighted by Gasteiger charge is -2.29. The molecular weight excluding hydrogens is 616 g/mol. The molecule has 1 aliphatic rings. The van der Waals surface area contributed by atoms with E-state index in [0.29, 0.717) is 6.42 Å². The molecule has 0 aromatic heterocycles. The predicted molar refractivity (Wildman–Crippen MR) is 157 cm³/mol. The number of aliphatic hydroxyl groups is 1. The molecule has 258 valence electrons. The van der Waals surface area contributed by atoms with E-state index in [-0.39, 0.29) is 38.3 Å². The third-order valence-electron chi connectivity index (χ3n) is 6.60. The van der Waals surface area contributed by atoms with Gasteiger partial charge in [0.25, 0.3) is 0 Å². The van der Waals surface area contributed by atoms with Gasteiger partial charge in [0.2, 0.25) is 35.4 Å². The van der Waals surface area contributed by atoms with Crippen molar-refractivity contribution in [3.8, 4) is 0 Å². The van der Waals surface area contributed by atoms with Crippen LogP contribution in [-0.2, 0) is 38.4 Å². The molecule has 0 aliphatic carbocycles. The second-order valence-corrected chi connectivity index (χ2v) is 10.2. The van der Waals surface area contributed by atoms with Gasteiger partial charge in [0.05, 0.1) is 26.1 Å². The maximum atomic E-state index is 13.1. The number of nitrogens with two attached hydrogens (primary N) is 3. The summed E-state index contributed by atoms with van der Waals surface area (Å²) in [6, 6.07) is -6.85. The summed E-state index contributed by atoms with van der Waals surface area (Å²) in [6.45, 7) is -0.686. The summed E-state index contributed by atoms with van der Waals surface area (Å²) in [5, 5.41) is 39.3. The summed E-state index contributed by atoms with van der Waals surface area (Å²) in [5.41, 5.74) is 15.8. The largest absolute Gasteiger partial charge is 0.481 e. The van der Waals surface area contributed by atoms with E-state index in [2.05, 4.69) is 31.6 Å². The second-order valence-electron chi connectivity index (χ2n) is 10.2. The summed E-state index contributed by atoms with van der Waals surface area (Å²) >= 11 is 0. The molecule has 1 heterocycles. The number of aliphatic imine (C=N–C) groups is 1. The molecule has 0 saturated carbocycles. The van der Waals surface area contributed by atoms with Crippen LogP contribution in [0.15, 0.2) is 4.99 Å². The van der Waals surface area contributed by atoms with Crippen LogP contribution in [-0.4, -0.2) is 137 Å². The van der Waals surface area contributed by atoms with Gasteiger partial charge in [-0.05, 0) is 32.6 Å². The molecule has 5 atom stereocenters. The number of carboxylic acid groups (broad SMARTS) is 2. The lowest BCUT2D eigenvalue weighted by molar-refractivity contribution is -0.145. The Morgan fingerprint density at radius 1 is 0.913 bits per heavy atom. The smallest absolute Gasteiger partial charge is 0.325 e. The summed E-state index contributed by atoms with van der Waals surface area (Å²) in [5.74, 6) is -8.25. The van der Waals surface area contributed by atoms with Crippen LogP contribution in [0.4, 0.5) is 0 Å². The lowest BCUT2D eigenvalue weighted by atomic mass is 10.1. The summed E-state index contributed by atoms with van der Waals surface area (Å²) in [6.07, 6.45) is -0.0580. The number of likely N-dealkylation sites (tertiary alicyclic amines) is 1. The normalized spacial score (nSPS) is 16.5. The average molecular weight is 659 g/mol.